The molecule has 2 aromatic rings. The first-order valence-corrected chi connectivity index (χ1v) is 5.90. The average Bonchev–Trinajstić information content (AvgIpc) is 2.46. The molecule has 0 aliphatic carbocycles. The van der Waals surface area contributed by atoms with E-state index in [1.807, 2.05) is 35.2 Å². The van der Waals surface area contributed by atoms with E-state index in [0.29, 0.717) is 6.54 Å². The fourth-order valence-electron chi connectivity index (χ4n) is 1.87. The van der Waals surface area contributed by atoms with Crippen LogP contribution in [0.3, 0.4) is 0 Å². The smallest absolute Gasteiger partial charge is 0.269 e. The van der Waals surface area contributed by atoms with E-state index in [-0.39, 0.29) is 12.3 Å². The van der Waals surface area contributed by atoms with Crippen molar-refractivity contribution in [1.82, 2.24) is 0 Å². The van der Waals surface area contributed by atoms with Gasteiger partial charge in [-0.05, 0) is 24.3 Å². The lowest BCUT2D eigenvalue weighted by atomic mass is 10.2. The molecule has 2 aromatic carbocycles. The first-order chi connectivity index (χ1) is 9.22. The quantitative estimate of drug-likeness (QED) is 0.661. The molecule has 5 nitrogen and oxygen atoms in total. The summed E-state index contributed by atoms with van der Waals surface area (Å²) in [6.45, 7) is 0.438. The van der Waals surface area contributed by atoms with Gasteiger partial charge < -0.3 is 10.0 Å². The van der Waals surface area contributed by atoms with Crippen LogP contribution in [0.1, 0.15) is 0 Å². The normalized spacial score (nSPS) is 10.2. The minimum Gasteiger partial charge on any atom is -0.395 e. The van der Waals surface area contributed by atoms with Crippen LogP contribution in [-0.2, 0) is 0 Å². The minimum atomic E-state index is -0.428. The molecule has 0 heterocycles. The number of nitrogens with zero attached hydrogens (tertiary/aromatic N) is 2. The molecule has 5 heteroatoms. The summed E-state index contributed by atoms with van der Waals surface area (Å²) >= 11 is 0. The zero-order valence-electron chi connectivity index (χ0n) is 10.3. The third kappa shape index (κ3) is 3.08. The Bertz CT molecular complexity index is 540. The first-order valence-electron chi connectivity index (χ1n) is 5.90. The van der Waals surface area contributed by atoms with Crippen molar-refractivity contribution in [2.45, 2.75) is 0 Å². The highest BCUT2D eigenvalue weighted by Crippen LogP contribution is 2.26. The highest BCUT2D eigenvalue weighted by Gasteiger charge is 2.10. The molecule has 0 aromatic heterocycles. The summed E-state index contributed by atoms with van der Waals surface area (Å²) in [7, 11) is 0. The van der Waals surface area contributed by atoms with Gasteiger partial charge in [-0.1, -0.05) is 18.2 Å². The van der Waals surface area contributed by atoms with Crippen LogP contribution in [0.15, 0.2) is 54.6 Å². The summed E-state index contributed by atoms with van der Waals surface area (Å²) in [5.41, 5.74) is 1.80. The molecule has 1 N–H and O–H groups in total. The van der Waals surface area contributed by atoms with Gasteiger partial charge >= 0.3 is 0 Å². The molecule has 0 bridgehead atoms. The molecule has 19 heavy (non-hydrogen) atoms. The largest absolute Gasteiger partial charge is 0.395 e. The highest BCUT2D eigenvalue weighted by molar-refractivity contribution is 5.64. The summed E-state index contributed by atoms with van der Waals surface area (Å²) in [4.78, 5) is 12.1. The van der Waals surface area contributed by atoms with Crippen LogP contribution in [0, 0.1) is 10.1 Å². The Morgan fingerprint density at radius 2 is 1.58 bits per heavy atom. The van der Waals surface area contributed by atoms with Crippen molar-refractivity contribution in [2.75, 3.05) is 18.1 Å². The lowest BCUT2D eigenvalue weighted by Crippen LogP contribution is -2.20. The number of aliphatic hydroxyl groups excluding tert-OH is 1. The third-order valence-corrected chi connectivity index (χ3v) is 2.76. The molecule has 0 saturated heterocycles. The van der Waals surface area contributed by atoms with Crippen LogP contribution in [0.2, 0.25) is 0 Å². The molecule has 2 rings (SSSR count). The van der Waals surface area contributed by atoms with Gasteiger partial charge in [0, 0.05) is 30.1 Å². The monoisotopic (exact) mass is 258 g/mol. The lowest BCUT2D eigenvalue weighted by molar-refractivity contribution is -0.384. The number of aliphatic hydroxyl groups is 1. The second kappa shape index (κ2) is 5.97. The number of rotatable bonds is 5. The molecule has 0 atom stereocenters. The van der Waals surface area contributed by atoms with Gasteiger partial charge in [-0.15, -0.1) is 0 Å². The predicted molar refractivity (Wildman–Crippen MR) is 73.6 cm³/mol. The molecule has 0 amide bonds. The zero-order chi connectivity index (χ0) is 13.7. The van der Waals surface area contributed by atoms with Crippen molar-refractivity contribution in [2.24, 2.45) is 0 Å². The standard InChI is InChI=1S/C14H14N2O3/c17-11-10-15(12-4-2-1-3-5-12)13-6-8-14(9-7-13)16(18)19/h1-9,17H,10-11H2. The number of benzene rings is 2. The molecular weight excluding hydrogens is 244 g/mol. The minimum absolute atomic E-state index is 0.00584. The average molecular weight is 258 g/mol. The second-order valence-electron chi connectivity index (χ2n) is 3.98. The van der Waals surface area contributed by atoms with Crippen LogP contribution < -0.4 is 4.90 Å². The van der Waals surface area contributed by atoms with E-state index in [0.717, 1.165) is 11.4 Å². The van der Waals surface area contributed by atoms with Crippen LogP contribution in [0.25, 0.3) is 0 Å². The fourth-order valence-corrected chi connectivity index (χ4v) is 1.87. The summed E-state index contributed by atoms with van der Waals surface area (Å²) in [5.74, 6) is 0. The van der Waals surface area contributed by atoms with Gasteiger partial charge in [-0.25, -0.2) is 0 Å². The van der Waals surface area contributed by atoms with E-state index in [1.54, 1.807) is 12.1 Å². The van der Waals surface area contributed by atoms with Gasteiger partial charge in [-0.3, -0.25) is 10.1 Å². The maximum Gasteiger partial charge on any atom is 0.269 e. The highest BCUT2D eigenvalue weighted by atomic mass is 16.6. The lowest BCUT2D eigenvalue weighted by Gasteiger charge is -2.23. The van der Waals surface area contributed by atoms with E-state index < -0.39 is 4.92 Å². The molecule has 98 valence electrons. The third-order valence-electron chi connectivity index (χ3n) is 2.76. The topological polar surface area (TPSA) is 66.6 Å². The molecule has 0 aliphatic heterocycles. The molecule has 0 fully saturated rings. The van der Waals surface area contributed by atoms with Crippen molar-refractivity contribution in [3.8, 4) is 0 Å². The number of nitro benzene ring substituents is 1. The van der Waals surface area contributed by atoms with Crippen molar-refractivity contribution in [3.05, 3.63) is 64.7 Å². The molecule has 0 saturated carbocycles. The maximum absolute atomic E-state index is 10.6. The SMILES string of the molecule is O=[N+]([O-])c1ccc(N(CCO)c2ccccc2)cc1. The van der Waals surface area contributed by atoms with E-state index in [9.17, 15) is 10.1 Å². The summed E-state index contributed by atoms with van der Waals surface area (Å²) < 4.78 is 0. The van der Waals surface area contributed by atoms with Crippen LogP contribution in [-0.4, -0.2) is 23.2 Å². The number of para-hydroxylation sites is 1. The summed E-state index contributed by atoms with van der Waals surface area (Å²) in [6, 6.07) is 15.9. The van der Waals surface area contributed by atoms with E-state index in [1.165, 1.54) is 12.1 Å². The summed E-state index contributed by atoms with van der Waals surface area (Å²) in [6.07, 6.45) is 0. The molecular formula is C14H14N2O3. The molecule has 0 spiro atoms. The second-order valence-corrected chi connectivity index (χ2v) is 3.98. The van der Waals surface area contributed by atoms with Gasteiger partial charge in [0.25, 0.3) is 5.69 Å². The van der Waals surface area contributed by atoms with E-state index in [4.69, 9.17) is 5.11 Å². The van der Waals surface area contributed by atoms with Gasteiger partial charge in [0.15, 0.2) is 0 Å². The molecule has 0 aliphatic rings. The molecule has 0 radical (unpaired) electrons. The zero-order valence-corrected chi connectivity index (χ0v) is 10.3. The predicted octanol–water partition coefficient (Wildman–Crippen LogP) is 2.73. The van der Waals surface area contributed by atoms with Crippen LogP contribution >= 0.6 is 0 Å². The van der Waals surface area contributed by atoms with Gasteiger partial charge in [0.1, 0.15) is 0 Å². The Morgan fingerprint density at radius 1 is 1.00 bits per heavy atom. The van der Waals surface area contributed by atoms with Gasteiger partial charge in [0.05, 0.1) is 11.5 Å². The van der Waals surface area contributed by atoms with Crippen molar-refractivity contribution in [1.29, 1.82) is 0 Å². The Kier molecular flexibility index (Phi) is 4.10. The maximum atomic E-state index is 10.6. The number of hydrogen-bond acceptors (Lipinski definition) is 4. The Balaban J connectivity index is 2.31. The van der Waals surface area contributed by atoms with E-state index >= 15 is 0 Å². The summed E-state index contributed by atoms with van der Waals surface area (Å²) in [5, 5.41) is 19.8. The Hall–Kier alpha value is -2.40. The van der Waals surface area contributed by atoms with Gasteiger partial charge in [-0.2, -0.15) is 0 Å². The number of nitro groups is 1. The van der Waals surface area contributed by atoms with Crippen molar-refractivity contribution >= 4 is 17.1 Å². The Labute approximate surface area is 110 Å². The fraction of sp³-hybridized carbons (Fsp3) is 0.143. The van der Waals surface area contributed by atoms with E-state index in [2.05, 4.69) is 0 Å². The number of anilines is 2. The van der Waals surface area contributed by atoms with Crippen molar-refractivity contribution < 1.29 is 10.0 Å². The van der Waals surface area contributed by atoms with Gasteiger partial charge in [0.2, 0.25) is 0 Å². The first kappa shape index (κ1) is 13.0. The number of hydrogen-bond donors (Lipinski definition) is 1. The van der Waals surface area contributed by atoms with Crippen molar-refractivity contribution in [3.63, 3.8) is 0 Å². The van der Waals surface area contributed by atoms with Crippen LogP contribution in [0.4, 0.5) is 17.1 Å². The molecule has 0 unspecified atom stereocenters. The van der Waals surface area contributed by atoms with Crippen LogP contribution in [0.5, 0.6) is 0 Å². The Morgan fingerprint density at radius 3 is 2.11 bits per heavy atom. The number of non-ortho nitro benzene ring substituents is 1.